The first kappa shape index (κ1) is 12.0. The molecule has 1 aliphatic rings. The van der Waals surface area contributed by atoms with E-state index in [1.54, 1.807) is 0 Å². The molecule has 1 rings (SSSR count). The summed E-state index contributed by atoms with van der Waals surface area (Å²) in [7, 11) is 0. The molecule has 0 aromatic carbocycles. The van der Waals surface area contributed by atoms with E-state index in [4.69, 9.17) is 0 Å². The topological polar surface area (TPSA) is 58.2 Å². The SMILES string of the molecule is CCCCC1(CCCC)C(=O)NNC1=O. The van der Waals surface area contributed by atoms with Crippen molar-refractivity contribution in [2.45, 2.75) is 52.4 Å². The highest BCUT2D eigenvalue weighted by Gasteiger charge is 2.49. The molecule has 0 aromatic heterocycles. The third kappa shape index (κ3) is 2.30. The van der Waals surface area contributed by atoms with Gasteiger partial charge in [-0.1, -0.05) is 39.5 Å². The van der Waals surface area contributed by atoms with Crippen LogP contribution in [0.1, 0.15) is 52.4 Å². The molecule has 0 unspecified atom stereocenters. The molecule has 0 aromatic rings. The number of nitrogens with one attached hydrogen (secondary N) is 2. The lowest BCUT2D eigenvalue weighted by molar-refractivity contribution is -0.137. The molecule has 15 heavy (non-hydrogen) atoms. The van der Waals surface area contributed by atoms with Gasteiger partial charge in [0.15, 0.2) is 0 Å². The van der Waals surface area contributed by atoms with E-state index in [0.29, 0.717) is 12.8 Å². The fraction of sp³-hybridized carbons (Fsp3) is 0.818. The molecule has 0 radical (unpaired) electrons. The second-order valence-corrected chi connectivity index (χ2v) is 4.20. The Morgan fingerprint density at radius 3 is 1.67 bits per heavy atom. The van der Waals surface area contributed by atoms with Crippen LogP contribution in [0, 0.1) is 5.41 Å². The molecular formula is C11H20N2O2. The minimum Gasteiger partial charge on any atom is -0.272 e. The quantitative estimate of drug-likeness (QED) is 0.656. The second-order valence-electron chi connectivity index (χ2n) is 4.20. The van der Waals surface area contributed by atoms with Gasteiger partial charge in [0.1, 0.15) is 5.41 Å². The highest BCUT2D eigenvalue weighted by atomic mass is 16.2. The van der Waals surface area contributed by atoms with Gasteiger partial charge in [0.05, 0.1) is 0 Å². The Hall–Kier alpha value is -1.06. The van der Waals surface area contributed by atoms with E-state index in [2.05, 4.69) is 24.7 Å². The van der Waals surface area contributed by atoms with Crippen molar-refractivity contribution in [1.82, 2.24) is 10.9 Å². The summed E-state index contributed by atoms with van der Waals surface area (Å²) in [6.07, 6.45) is 5.19. The van der Waals surface area contributed by atoms with Gasteiger partial charge in [-0.15, -0.1) is 0 Å². The van der Waals surface area contributed by atoms with Crippen LogP contribution < -0.4 is 10.9 Å². The van der Waals surface area contributed by atoms with E-state index in [1.165, 1.54) is 0 Å². The lowest BCUT2D eigenvalue weighted by Crippen LogP contribution is -2.35. The average Bonchev–Trinajstić information content (AvgIpc) is 2.51. The molecule has 86 valence electrons. The van der Waals surface area contributed by atoms with E-state index < -0.39 is 5.41 Å². The fourth-order valence-corrected chi connectivity index (χ4v) is 1.99. The first-order chi connectivity index (χ1) is 7.17. The Bertz CT molecular complexity index is 225. The Balaban J connectivity index is 2.74. The van der Waals surface area contributed by atoms with Gasteiger partial charge in [-0.05, 0) is 12.8 Å². The Morgan fingerprint density at radius 2 is 1.33 bits per heavy atom. The van der Waals surface area contributed by atoms with Gasteiger partial charge < -0.3 is 0 Å². The van der Waals surface area contributed by atoms with Gasteiger partial charge in [-0.3, -0.25) is 20.4 Å². The van der Waals surface area contributed by atoms with Crippen molar-refractivity contribution in [2.24, 2.45) is 5.41 Å². The monoisotopic (exact) mass is 212 g/mol. The fourth-order valence-electron chi connectivity index (χ4n) is 1.99. The number of hydrazine groups is 1. The highest BCUT2D eigenvalue weighted by Crippen LogP contribution is 2.33. The molecule has 1 fully saturated rings. The van der Waals surface area contributed by atoms with Crippen LogP contribution in [0.5, 0.6) is 0 Å². The number of rotatable bonds is 6. The van der Waals surface area contributed by atoms with Crippen LogP contribution in [-0.4, -0.2) is 11.8 Å². The van der Waals surface area contributed by atoms with Gasteiger partial charge in [-0.2, -0.15) is 0 Å². The first-order valence-corrected chi connectivity index (χ1v) is 5.78. The zero-order valence-corrected chi connectivity index (χ0v) is 9.56. The molecule has 1 saturated heterocycles. The van der Waals surface area contributed by atoms with E-state index in [1.807, 2.05) is 0 Å². The highest BCUT2D eigenvalue weighted by molar-refractivity contribution is 6.09. The maximum absolute atomic E-state index is 11.7. The third-order valence-electron chi connectivity index (χ3n) is 3.07. The summed E-state index contributed by atoms with van der Waals surface area (Å²) in [6, 6.07) is 0. The molecule has 4 heteroatoms. The zero-order valence-electron chi connectivity index (χ0n) is 9.56. The number of carbonyl (C=O) groups excluding carboxylic acids is 2. The number of amides is 2. The summed E-state index contributed by atoms with van der Waals surface area (Å²) in [4.78, 5) is 23.4. The molecule has 0 bridgehead atoms. The summed E-state index contributed by atoms with van der Waals surface area (Å²) in [5.41, 5.74) is 4.09. The molecule has 1 heterocycles. The molecule has 0 aliphatic carbocycles. The summed E-state index contributed by atoms with van der Waals surface area (Å²) in [5, 5.41) is 0. The smallest absolute Gasteiger partial charge is 0.254 e. The molecule has 4 nitrogen and oxygen atoms in total. The van der Waals surface area contributed by atoms with E-state index in [0.717, 1.165) is 25.7 Å². The Morgan fingerprint density at radius 1 is 0.933 bits per heavy atom. The predicted octanol–water partition coefficient (Wildman–Crippen LogP) is 1.51. The minimum atomic E-state index is -0.786. The van der Waals surface area contributed by atoms with Crippen molar-refractivity contribution in [1.29, 1.82) is 0 Å². The summed E-state index contributed by atoms with van der Waals surface area (Å²) in [6.45, 7) is 4.14. The Labute approximate surface area is 90.8 Å². The first-order valence-electron chi connectivity index (χ1n) is 5.78. The van der Waals surface area contributed by atoms with Gasteiger partial charge in [-0.25, -0.2) is 0 Å². The van der Waals surface area contributed by atoms with Gasteiger partial charge in [0, 0.05) is 0 Å². The molecule has 0 saturated carbocycles. The average molecular weight is 212 g/mol. The van der Waals surface area contributed by atoms with Crippen LogP contribution in [0.3, 0.4) is 0 Å². The molecule has 0 atom stereocenters. The maximum Gasteiger partial charge on any atom is 0.254 e. The van der Waals surface area contributed by atoms with Crippen LogP contribution >= 0.6 is 0 Å². The number of carbonyl (C=O) groups is 2. The van der Waals surface area contributed by atoms with Gasteiger partial charge >= 0.3 is 0 Å². The Kier molecular flexibility index (Phi) is 4.12. The van der Waals surface area contributed by atoms with Crippen LogP contribution in [0.4, 0.5) is 0 Å². The lowest BCUT2D eigenvalue weighted by Gasteiger charge is -2.22. The van der Waals surface area contributed by atoms with Crippen LogP contribution in [0.25, 0.3) is 0 Å². The molecule has 2 N–H and O–H groups in total. The molecule has 2 amide bonds. The predicted molar refractivity (Wildman–Crippen MR) is 57.8 cm³/mol. The summed E-state index contributed by atoms with van der Waals surface area (Å²) in [5.74, 6) is -0.288. The van der Waals surface area contributed by atoms with Gasteiger partial charge in [0.25, 0.3) is 11.8 Å². The number of hydrogen-bond donors (Lipinski definition) is 2. The van der Waals surface area contributed by atoms with E-state index in [9.17, 15) is 9.59 Å². The molecule has 1 aliphatic heterocycles. The van der Waals surface area contributed by atoms with Crippen molar-refractivity contribution >= 4 is 11.8 Å². The summed E-state index contributed by atoms with van der Waals surface area (Å²) >= 11 is 0. The maximum atomic E-state index is 11.7. The standard InChI is InChI=1S/C11H20N2O2/c1-3-5-7-11(8-6-4-2)9(14)12-13-10(11)15/h3-8H2,1-2H3,(H,12,14)(H,13,15). The van der Waals surface area contributed by atoms with Crippen molar-refractivity contribution in [3.05, 3.63) is 0 Å². The number of unbranched alkanes of at least 4 members (excludes halogenated alkanes) is 2. The number of hydrogen-bond acceptors (Lipinski definition) is 2. The summed E-state index contributed by atoms with van der Waals surface area (Å²) < 4.78 is 0. The van der Waals surface area contributed by atoms with Crippen LogP contribution in [0.2, 0.25) is 0 Å². The van der Waals surface area contributed by atoms with E-state index >= 15 is 0 Å². The van der Waals surface area contributed by atoms with Crippen molar-refractivity contribution in [3.8, 4) is 0 Å². The minimum absolute atomic E-state index is 0.144. The molecular weight excluding hydrogens is 192 g/mol. The zero-order chi connectivity index (χ0) is 11.3. The van der Waals surface area contributed by atoms with Crippen LogP contribution in [-0.2, 0) is 9.59 Å². The molecule has 0 spiro atoms. The van der Waals surface area contributed by atoms with Gasteiger partial charge in [0.2, 0.25) is 0 Å². The van der Waals surface area contributed by atoms with Crippen molar-refractivity contribution in [3.63, 3.8) is 0 Å². The second kappa shape index (κ2) is 5.14. The third-order valence-corrected chi connectivity index (χ3v) is 3.07. The largest absolute Gasteiger partial charge is 0.272 e. The van der Waals surface area contributed by atoms with Crippen LogP contribution in [0.15, 0.2) is 0 Å². The lowest BCUT2D eigenvalue weighted by atomic mass is 9.78. The normalized spacial score (nSPS) is 18.8. The van der Waals surface area contributed by atoms with E-state index in [-0.39, 0.29) is 11.8 Å². The van der Waals surface area contributed by atoms with Crippen molar-refractivity contribution < 1.29 is 9.59 Å². The van der Waals surface area contributed by atoms with Crippen molar-refractivity contribution in [2.75, 3.05) is 0 Å².